The number of hydrogen-bond donors (Lipinski definition) is 0. The van der Waals surface area contributed by atoms with E-state index in [1.54, 1.807) is 0 Å². The molecule has 0 aromatic heterocycles. The minimum absolute atomic E-state index is 0.192. The van der Waals surface area contributed by atoms with E-state index < -0.39 is 0 Å². The van der Waals surface area contributed by atoms with Gasteiger partial charge in [0.15, 0.2) is 0 Å². The van der Waals surface area contributed by atoms with Crippen LogP contribution in [0.1, 0.15) is 40.1 Å². The van der Waals surface area contributed by atoms with Crippen LogP contribution in [0.5, 0.6) is 0 Å². The molecule has 2 aromatic carbocycles. The Morgan fingerprint density at radius 3 is 2.32 bits per heavy atom. The van der Waals surface area contributed by atoms with Crippen molar-refractivity contribution in [1.82, 2.24) is 0 Å². The molecule has 0 saturated carbocycles. The smallest absolute Gasteiger partial charge is 0.0852 e. The molecule has 2 heteroatoms. The fourth-order valence-corrected chi connectivity index (χ4v) is 3.05. The third-order valence-electron chi connectivity index (χ3n) is 3.60. The molecule has 0 aliphatic carbocycles. The Bertz CT molecular complexity index is 588. The van der Waals surface area contributed by atoms with Gasteiger partial charge < -0.3 is 0 Å². The van der Waals surface area contributed by atoms with Gasteiger partial charge in [0, 0.05) is 5.02 Å². The second kappa shape index (κ2) is 5.98. The Kier molecular flexibility index (Phi) is 4.54. The average Bonchev–Trinajstić information content (AvgIpc) is 2.42. The third-order valence-corrected chi connectivity index (χ3v) is 4.39. The van der Waals surface area contributed by atoms with Crippen LogP contribution in [0.3, 0.4) is 0 Å². The monoisotopic (exact) mass is 292 g/mol. The standard InChI is InChI=1S/C17H18Cl2/c1-4-13-7-5-6-8-14(13)17(19)15-9-11(2)12(3)10-16(15)18/h5-10,17H,4H2,1-3H3. The lowest BCUT2D eigenvalue weighted by molar-refractivity contribution is 1.03. The van der Waals surface area contributed by atoms with Crippen molar-refractivity contribution < 1.29 is 0 Å². The predicted molar refractivity (Wildman–Crippen MR) is 84.4 cm³/mol. The summed E-state index contributed by atoms with van der Waals surface area (Å²) in [6.45, 7) is 6.29. The zero-order valence-electron chi connectivity index (χ0n) is 11.5. The Morgan fingerprint density at radius 2 is 1.63 bits per heavy atom. The summed E-state index contributed by atoms with van der Waals surface area (Å²) in [5.74, 6) is 0. The SMILES string of the molecule is CCc1ccccc1C(Cl)c1cc(C)c(C)cc1Cl. The summed E-state index contributed by atoms with van der Waals surface area (Å²) < 4.78 is 0. The minimum atomic E-state index is -0.192. The number of benzene rings is 2. The Labute approximate surface area is 125 Å². The molecule has 0 saturated heterocycles. The van der Waals surface area contributed by atoms with Crippen molar-refractivity contribution in [3.63, 3.8) is 0 Å². The van der Waals surface area contributed by atoms with E-state index in [0.717, 1.165) is 22.6 Å². The zero-order chi connectivity index (χ0) is 14.0. The van der Waals surface area contributed by atoms with Crippen LogP contribution in [0.15, 0.2) is 36.4 Å². The lowest BCUT2D eigenvalue weighted by atomic mass is 9.96. The second-order valence-corrected chi connectivity index (χ2v) is 5.72. The number of halogens is 2. The first-order valence-electron chi connectivity index (χ1n) is 6.53. The average molecular weight is 293 g/mol. The molecule has 1 unspecified atom stereocenters. The molecule has 0 aliphatic heterocycles. The summed E-state index contributed by atoms with van der Waals surface area (Å²) in [5, 5.41) is 0.553. The van der Waals surface area contributed by atoms with Gasteiger partial charge in [-0.1, -0.05) is 48.9 Å². The zero-order valence-corrected chi connectivity index (χ0v) is 13.0. The summed E-state index contributed by atoms with van der Waals surface area (Å²) >= 11 is 13.0. The molecule has 0 fully saturated rings. The minimum Gasteiger partial charge on any atom is -0.113 e. The van der Waals surface area contributed by atoms with Gasteiger partial charge in [-0.05, 0) is 54.2 Å². The summed E-state index contributed by atoms with van der Waals surface area (Å²) in [6.07, 6.45) is 0.974. The lowest BCUT2D eigenvalue weighted by Crippen LogP contribution is -2.00. The van der Waals surface area contributed by atoms with E-state index in [9.17, 15) is 0 Å². The van der Waals surface area contributed by atoms with Gasteiger partial charge in [0.25, 0.3) is 0 Å². The van der Waals surface area contributed by atoms with Crippen molar-refractivity contribution in [1.29, 1.82) is 0 Å². The maximum absolute atomic E-state index is 6.66. The van der Waals surface area contributed by atoms with E-state index in [1.165, 1.54) is 16.7 Å². The largest absolute Gasteiger partial charge is 0.113 e. The van der Waals surface area contributed by atoms with Crippen LogP contribution < -0.4 is 0 Å². The molecule has 1 atom stereocenters. The molecule has 0 radical (unpaired) electrons. The van der Waals surface area contributed by atoms with Gasteiger partial charge >= 0.3 is 0 Å². The van der Waals surface area contributed by atoms with Crippen LogP contribution in [0.4, 0.5) is 0 Å². The molecule has 0 bridgehead atoms. The van der Waals surface area contributed by atoms with E-state index in [2.05, 4.69) is 39.0 Å². The number of alkyl halides is 1. The fourth-order valence-electron chi connectivity index (χ4n) is 2.27. The predicted octanol–water partition coefficient (Wildman–Crippen LogP) is 5.85. The summed E-state index contributed by atoms with van der Waals surface area (Å²) in [5.41, 5.74) is 5.83. The van der Waals surface area contributed by atoms with Crippen molar-refractivity contribution >= 4 is 23.2 Å². The van der Waals surface area contributed by atoms with Gasteiger partial charge in [0.1, 0.15) is 0 Å². The topological polar surface area (TPSA) is 0 Å². The Balaban J connectivity index is 2.50. The highest BCUT2D eigenvalue weighted by atomic mass is 35.5. The van der Waals surface area contributed by atoms with Crippen molar-refractivity contribution in [3.8, 4) is 0 Å². The molecule has 0 N–H and O–H groups in total. The molecule has 0 spiro atoms. The van der Waals surface area contributed by atoms with Gasteiger partial charge in [-0.15, -0.1) is 11.6 Å². The van der Waals surface area contributed by atoms with Crippen molar-refractivity contribution in [2.75, 3.05) is 0 Å². The van der Waals surface area contributed by atoms with Gasteiger partial charge in [0.05, 0.1) is 5.38 Å². The first kappa shape index (κ1) is 14.4. The van der Waals surface area contributed by atoms with Gasteiger partial charge in [-0.25, -0.2) is 0 Å². The van der Waals surface area contributed by atoms with Gasteiger partial charge in [-0.2, -0.15) is 0 Å². The maximum atomic E-state index is 6.66. The van der Waals surface area contributed by atoms with E-state index >= 15 is 0 Å². The quantitative estimate of drug-likeness (QED) is 0.623. The van der Waals surface area contributed by atoms with E-state index in [4.69, 9.17) is 23.2 Å². The molecular weight excluding hydrogens is 275 g/mol. The van der Waals surface area contributed by atoms with E-state index in [-0.39, 0.29) is 5.38 Å². The van der Waals surface area contributed by atoms with Crippen LogP contribution in [0.25, 0.3) is 0 Å². The fraction of sp³-hybridized carbons (Fsp3) is 0.294. The van der Waals surface area contributed by atoms with Crippen LogP contribution in [-0.2, 0) is 6.42 Å². The summed E-state index contributed by atoms with van der Waals surface area (Å²) in [6, 6.07) is 12.4. The van der Waals surface area contributed by atoms with Crippen molar-refractivity contribution in [2.45, 2.75) is 32.6 Å². The number of aryl methyl sites for hydroxylation is 3. The second-order valence-electron chi connectivity index (χ2n) is 4.87. The molecular formula is C17H18Cl2. The molecule has 2 aromatic rings. The van der Waals surface area contributed by atoms with Crippen LogP contribution in [-0.4, -0.2) is 0 Å². The van der Waals surface area contributed by atoms with Crippen molar-refractivity contribution in [2.24, 2.45) is 0 Å². The molecule has 0 amide bonds. The van der Waals surface area contributed by atoms with Crippen LogP contribution in [0, 0.1) is 13.8 Å². The van der Waals surface area contributed by atoms with Gasteiger partial charge in [-0.3, -0.25) is 0 Å². The van der Waals surface area contributed by atoms with E-state index in [1.807, 2.05) is 18.2 Å². The Morgan fingerprint density at radius 1 is 1.00 bits per heavy atom. The Hall–Kier alpha value is -0.980. The molecule has 100 valence electrons. The number of rotatable bonds is 3. The van der Waals surface area contributed by atoms with E-state index in [0.29, 0.717) is 0 Å². The highest BCUT2D eigenvalue weighted by Gasteiger charge is 2.17. The van der Waals surface area contributed by atoms with Gasteiger partial charge in [0.2, 0.25) is 0 Å². The number of hydrogen-bond acceptors (Lipinski definition) is 0. The summed E-state index contributed by atoms with van der Waals surface area (Å²) in [4.78, 5) is 0. The highest BCUT2D eigenvalue weighted by Crippen LogP contribution is 2.36. The first-order chi connectivity index (χ1) is 9.04. The molecule has 0 heterocycles. The summed E-state index contributed by atoms with van der Waals surface area (Å²) in [7, 11) is 0. The third kappa shape index (κ3) is 2.96. The molecule has 19 heavy (non-hydrogen) atoms. The lowest BCUT2D eigenvalue weighted by Gasteiger charge is -2.17. The maximum Gasteiger partial charge on any atom is 0.0852 e. The van der Waals surface area contributed by atoms with Crippen LogP contribution >= 0.6 is 23.2 Å². The highest BCUT2D eigenvalue weighted by molar-refractivity contribution is 6.33. The van der Waals surface area contributed by atoms with Crippen molar-refractivity contribution in [3.05, 3.63) is 69.2 Å². The molecule has 0 aliphatic rings. The first-order valence-corrected chi connectivity index (χ1v) is 7.34. The molecule has 2 rings (SSSR count). The molecule has 0 nitrogen and oxygen atoms in total. The normalized spacial score (nSPS) is 12.5. The van der Waals surface area contributed by atoms with Crippen LogP contribution in [0.2, 0.25) is 5.02 Å².